The van der Waals surface area contributed by atoms with Crippen LogP contribution in [0.3, 0.4) is 0 Å². The number of ether oxygens (including phenoxy) is 1. The highest BCUT2D eigenvalue weighted by atomic mass is 16.6. The number of benzene rings is 2. The summed E-state index contributed by atoms with van der Waals surface area (Å²) >= 11 is 0. The van der Waals surface area contributed by atoms with E-state index in [1.165, 1.54) is 0 Å². The lowest BCUT2D eigenvalue weighted by molar-refractivity contribution is -0.137. The van der Waals surface area contributed by atoms with Gasteiger partial charge in [-0.3, -0.25) is 28.8 Å². The lowest BCUT2D eigenvalue weighted by atomic mass is 10.0. The van der Waals surface area contributed by atoms with E-state index in [4.69, 9.17) is 21.3 Å². The van der Waals surface area contributed by atoms with Crippen molar-refractivity contribution in [3.05, 3.63) is 71.8 Å². The highest BCUT2D eigenvalue weighted by Crippen LogP contribution is 2.12. The van der Waals surface area contributed by atoms with E-state index in [0.29, 0.717) is 37.8 Å². The molecule has 0 saturated heterocycles. The first-order valence-corrected chi connectivity index (χ1v) is 19.0. The highest BCUT2D eigenvalue weighted by molar-refractivity contribution is 5.95. The molecule has 0 radical (unpaired) electrons. The molecule has 0 aromatic heterocycles. The molecule has 308 valence electrons. The maximum Gasteiger partial charge on any atom is 0.408 e. The quantitative estimate of drug-likeness (QED) is 0.0680. The minimum atomic E-state index is -1.21. The molecule has 0 aliphatic heterocycles. The van der Waals surface area contributed by atoms with Crippen LogP contribution in [0.4, 0.5) is 4.79 Å². The fourth-order valence-corrected chi connectivity index (χ4v) is 5.62. The van der Waals surface area contributed by atoms with Gasteiger partial charge in [0, 0.05) is 32.2 Å². The molecule has 16 heteroatoms. The van der Waals surface area contributed by atoms with Crippen molar-refractivity contribution < 1.29 is 43.4 Å². The van der Waals surface area contributed by atoms with Gasteiger partial charge < -0.3 is 47.9 Å². The van der Waals surface area contributed by atoms with Gasteiger partial charge in [0.1, 0.15) is 29.8 Å². The van der Waals surface area contributed by atoms with Crippen LogP contribution < -0.4 is 38.1 Å². The van der Waals surface area contributed by atoms with Gasteiger partial charge in [-0.2, -0.15) is 0 Å². The van der Waals surface area contributed by atoms with Crippen molar-refractivity contribution in [1.82, 2.24) is 26.6 Å². The molecule has 0 unspecified atom stereocenters. The summed E-state index contributed by atoms with van der Waals surface area (Å²) < 4.78 is 5.40. The molecule has 0 bridgehead atoms. The van der Waals surface area contributed by atoms with E-state index in [2.05, 4.69) is 26.6 Å². The average Bonchev–Trinajstić information content (AvgIpc) is 3.13. The molecule has 10 N–H and O–H groups in total. The molecule has 0 fully saturated rings. The van der Waals surface area contributed by atoms with Crippen LogP contribution in [0, 0.1) is 0 Å². The molecular weight excluding hydrogens is 722 g/mol. The van der Waals surface area contributed by atoms with Gasteiger partial charge >= 0.3 is 12.1 Å². The van der Waals surface area contributed by atoms with Crippen molar-refractivity contribution >= 4 is 41.6 Å². The van der Waals surface area contributed by atoms with Crippen LogP contribution in [0.25, 0.3) is 0 Å². The summed E-state index contributed by atoms with van der Waals surface area (Å²) in [6.45, 7) is 5.70. The summed E-state index contributed by atoms with van der Waals surface area (Å²) in [4.78, 5) is 89.7. The van der Waals surface area contributed by atoms with Crippen molar-refractivity contribution in [1.29, 1.82) is 0 Å². The molecule has 2 rings (SSSR count). The first-order valence-electron chi connectivity index (χ1n) is 19.0. The molecule has 4 atom stereocenters. The van der Waals surface area contributed by atoms with Crippen LogP contribution in [-0.2, 0) is 46.3 Å². The Kier molecular flexibility index (Phi) is 20.7. The molecule has 0 saturated carbocycles. The van der Waals surface area contributed by atoms with Gasteiger partial charge in [-0.25, -0.2) is 4.79 Å². The minimum Gasteiger partial charge on any atom is -0.481 e. The van der Waals surface area contributed by atoms with Gasteiger partial charge in [-0.05, 0) is 83.4 Å². The zero-order chi connectivity index (χ0) is 41.5. The van der Waals surface area contributed by atoms with Crippen molar-refractivity contribution in [2.45, 2.75) is 121 Å². The second kappa shape index (κ2) is 24.8. The molecule has 0 aliphatic rings. The lowest BCUT2D eigenvalue weighted by Gasteiger charge is -2.27. The van der Waals surface area contributed by atoms with Gasteiger partial charge in [0.2, 0.25) is 29.5 Å². The van der Waals surface area contributed by atoms with Crippen LogP contribution in [0.5, 0.6) is 0 Å². The Hall–Kier alpha value is -5.51. The van der Waals surface area contributed by atoms with E-state index < -0.39 is 65.5 Å². The monoisotopic (exact) mass is 781 g/mol. The highest BCUT2D eigenvalue weighted by Gasteiger charge is 2.32. The first kappa shape index (κ1) is 46.6. The van der Waals surface area contributed by atoms with Crippen LogP contribution >= 0.6 is 0 Å². The Morgan fingerprint density at radius 3 is 1.61 bits per heavy atom. The number of nitrogens with two attached hydrogens (primary N) is 2. The Morgan fingerprint density at radius 1 is 0.643 bits per heavy atom. The SMILES string of the molecule is CC(C)(C)OC(=O)N[C@@H](CCCCNC(=O)CCCC(=O)O)C(=O)N[C@@H](Cc1ccccc1)C(=O)N[C@@H](Cc1ccccc1)C(=O)N[C@@H](CCCCN)C(N)=O. The third-order valence-electron chi connectivity index (χ3n) is 8.48. The normalized spacial score (nSPS) is 13.2. The van der Waals surface area contributed by atoms with Gasteiger partial charge in [-0.1, -0.05) is 60.7 Å². The first-order chi connectivity index (χ1) is 26.6. The predicted octanol–water partition coefficient (Wildman–Crippen LogP) is 1.98. The number of alkyl carbamates (subject to hydrolysis) is 1. The second-order valence-electron chi connectivity index (χ2n) is 14.5. The minimum absolute atomic E-state index is 0.0359. The van der Waals surface area contributed by atoms with E-state index in [9.17, 15) is 33.6 Å². The van der Waals surface area contributed by atoms with Crippen molar-refractivity contribution in [3.8, 4) is 0 Å². The number of hydrogen-bond acceptors (Lipinski definition) is 9. The summed E-state index contributed by atoms with van der Waals surface area (Å²) in [6, 6.07) is 13.4. The number of nitrogens with one attached hydrogen (secondary N) is 5. The molecule has 0 spiro atoms. The number of carbonyl (C=O) groups is 7. The summed E-state index contributed by atoms with van der Waals surface area (Å²) in [5, 5.41) is 22.3. The third-order valence-corrected chi connectivity index (χ3v) is 8.48. The molecule has 16 nitrogen and oxygen atoms in total. The summed E-state index contributed by atoms with van der Waals surface area (Å²) in [7, 11) is 0. The number of aliphatic carboxylic acids is 1. The standard InChI is InChI=1S/C40H59N7O9/c1-40(2,3)56-39(55)47-30(20-11-13-24-43-33(48)21-14-22-34(49)50)36(52)45-32(26-28-17-8-5-9-18-28)38(54)46-31(25-27-15-6-4-7-16-27)37(53)44-29(35(42)51)19-10-12-23-41/h4-9,15-18,29-32H,10-14,19-26,41H2,1-3H3,(H2,42,51)(H,43,48)(H,44,53)(H,45,52)(H,46,54)(H,47,55)(H,49,50)/t29-,30-,31-,32-/m0/s1. The van der Waals surface area contributed by atoms with E-state index in [-0.39, 0.29) is 57.4 Å². The number of carboxylic acids is 1. The Bertz CT molecular complexity index is 1570. The van der Waals surface area contributed by atoms with Crippen LogP contribution in [0.1, 0.15) is 89.7 Å². The molecule has 0 aliphatic carbocycles. The number of carbonyl (C=O) groups excluding carboxylic acids is 6. The van der Waals surface area contributed by atoms with Gasteiger partial charge in [-0.15, -0.1) is 0 Å². The van der Waals surface area contributed by atoms with E-state index in [1.807, 2.05) is 6.07 Å². The molecule has 2 aromatic rings. The van der Waals surface area contributed by atoms with Gasteiger partial charge in [0.15, 0.2) is 0 Å². The molecular formula is C40H59N7O9. The predicted molar refractivity (Wildman–Crippen MR) is 210 cm³/mol. The smallest absolute Gasteiger partial charge is 0.408 e. The zero-order valence-corrected chi connectivity index (χ0v) is 32.6. The summed E-state index contributed by atoms with van der Waals surface area (Å²) in [5.74, 6) is -4.00. The van der Waals surface area contributed by atoms with Crippen molar-refractivity contribution in [2.75, 3.05) is 13.1 Å². The molecule has 2 aromatic carbocycles. The third kappa shape index (κ3) is 19.7. The fraction of sp³-hybridized carbons (Fsp3) is 0.525. The van der Waals surface area contributed by atoms with Crippen LogP contribution in [0.15, 0.2) is 60.7 Å². The number of rotatable bonds is 25. The maximum atomic E-state index is 14.1. The molecule has 56 heavy (non-hydrogen) atoms. The summed E-state index contributed by atoms with van der Waals surface area (Å²) in [5.41, 5.74) is 11.8. The van der Waals surface area contributed by atoms with Crippen LogP contribution in [0.2, 0.25) is 0 Å². The molecule has 6 amide bonds. The number of primary amides is 1. The second-order valence-corrected chi connectivity index (χ2v) is 14.5. The fourth-order valence-electron chi connectivity index (χ4n) is 5.62. The largest absolute Gasteiger partial charge is 0.481 e. The van der Waals surface area contributed by atoms with Gasteiger partial charge in [0.25, 0.3) is 0 Å². The van der Waals surface area contributed by atoms with Crippen molar-refractivity contribution in [2.24, 2.45) is 11.5 Å². The van der Waals surface area contributed by atoms with Gasteiger partial charge in [0.05, 0.1) is 0 Å². The summed E-state index contributed by atoms with van der Waals surface area (Å²) in [6.07, 6.45) is 1.80. The van der Waals surface area contributed by atoms with E-state index in [1.54, 1.807) is 75.4 Å². The number of amides is 6. The molecule has 0 heterocycles. The Balaban J connectivity index is 2.30. The Morgan fingerprint density at radius 2 is 1.12 bits per heavy atom. The number of unbranched alkanes of at least 4 members (excludes halogenated alkanes) is 2. The van der Waals surface area contributed by atoms with Crippen LogP contribution in [-0.4, -0.2) is 89.6 Å². The lowest BCUT2D eigenvalue weighted by Crippen LogP contribution is -2.59. The maximum absolute atomic E-state index is 14.1. The van der Waals surface area contributed by atoms with E-state index in [0.717, 1.165) is 5.56 Å². The average molecular weight is 782 g/mol. The number of carboxylic acid groups (broad SMARTS) is 1. The Labute approximate surface area is 328 Å². The number of hydrogen-bond donors (Lipinski definition) is 8. The topological polar surface area (TPSA) is 261 Å². The zero-order valence-electron chi connectivity index (χ0n) is 32.6. The van der Waals surface area contributed by atoms with Crippen molar-refractivity contribution in [3.63, 3.8) is 0 Å². The van der Waals surface area contributed by atoms with E-state index >= 15 is 0 Å².